The molecule has 1 saturated heterocycles. The summed E-state index contributed by atoms with van der Waals surface area (Å²) in [7, 11) is 0. The van der Waals surface area contributed by atoms with Gasteiger partial charge in [-0.05, 0) is 46.1 Å². The zero-order valence-corrected chi connectivity index (χ0v) is 11.5. The van der Waals surface area contributed by atoms with E-state index in [1.807, 2.05) is 0 Å². The summed E-state index contributed by atoms with van der Waals surface area (Å²) >= 11 is 5.27. The third kappa shape index (κ3) is 3.17. The Balaban J connectivity index is 0.00000112. The number of hydrogen-bond donors (Lipinski definition) is 1. The van der Waals surface area contributed by atoms with E-state index in [0.717, 1.165) is 30.5 Å². The fourth-order valence-electron chi connectivity index (χ4n) is 1.83. The third-order valence-electron chi connectivity index (χ3n) is 2.72. The normalized spacial score (nSPS) is 19.6. The average molecular weight is 313 g/mol. The van der Waals surface area contributed by atoms with Crippen molar-refractivity contribution >= 4 is 39.7 Å². The van der Waals surface area contributed by atoms with Crippen LogP contribution in [0.15, 0.2) is 15.9 Å². The maximum atomic E-state index is 6.24. The number of rotatable bonds is 2. The minimum atomic E-state index is 0. The van der Waals surface area contributed by atoms with E-state index in [4.69, 9.17) is 10.5 Å². The SMILES string of the molecule is Cl.N[C@H](c1sccc1Br)C1CCOCC1. The van der Waals surface area contributed by atoms with Crippen LogP contribution < -0.4 is 5.73 Å². The molecule has 5 heteroatoms. The predicted molar refractivity (Wildman–Crippen MR) is 69.7 cm³/mol. The van der Waals surface area contributed by atoms with Crippen LogP contribution in [0, 0.1) is 5.92 Å². The monoisotopic (exact) mass is 311 g/mol. The first-order valence-electron chi connectivity index (χ1n) is 4.85. The smallest absolute Gasteiger partial charge is 0.0469 e. The number of ether oxygens (including phenoxy) is 1. The second-order valence-corrected chi connectivity index (χ2v) is 5.41. The Hall–Kier alpha value is 0.390. The molecule has 2 nitrogen and oxygen atoms in total. The van der Waals surface area contributed by atoms with Crippen molar-refractivity contribution in [2.75, 3.05) is 13.2 Å². The summed E-state index contributed by atoms with van der Waals surface area (Å²) in [5.74, 6) is 0.582. The highest BCUT2D eigenvalue weighted by Gasteiger charge is 2.24. The Bertz CT molecular complexity index is 301. The Morgan fingerprint density at radius 2 is 2.13 bits per heavy atom. The molecule has 0 spiro atoms. The van der Waals surface area contributed by atoms with Crippen molar-refractivity contribution in [1.82, 2.24) is 0 Å². The van der Waals surface area contributed by atoms with Crippen molar-refractivity contribution in [2.45, 2.75) is 18.9 Å². The molecule has 0 unspecified atom stereocenters. The first-order chi connectivity index (χ1) is 6.79. The van der Waals surface area contributed by atoms with Crippen molar-refractivity contribution < 1.29 is 4.74 Å². The quantitative estimate of drug-likeness (QED) is 0.909. The topological polar surface area (TPSA) is 35.2 Å². The summed E-state index contributed by atoms with van der Waals surface area (Å²) in [5.41, 5.74) is 6.24. The molecule has 1 aromatic heterocycles. The molecule has 86 valence electrons. The van der Waals surface area contributed by atoms with E-state index in [1.165, 1.54) is 4.88 Å². The van der Waals surface area contributed by atoms with E-state index >= 15 is 0 Å². The first-order valence-corrected chi connectivity index (χ1v) is 6.52. The molecule has 1 aliphatic rings. The van der Waals surface area contributed by atoms with Crippen LogP contribution in [0.5, 0.6) is 0 Å². The third-order valence-corrected chi connectivity index (χ3v) is 4.69. The van der Waals surface area contributed by atoms with Gasteiger partial charge < -0.3 is 10.5 Å². The van der Waals surface area contributed by atoms with E-state index < -0.39 is 0 Å². The number of hydrogen-bond acceptors (Lipinski definition) is 3. The number of halogens is 2. The molecule has 0 saturated carbocycles. The first kappa shape index (κ1) is 13.5. The maximum absolute atomic E-state index is 6.24. The van der Waals surface area contributed by atoms with Crippen molar-refractivity contribution in [3.05, 3.63) is 20.8 Å². The fraction of sp³-hybridized carbons (Fsp3) is 0.600. The number of nitrogens with two attached hydrogens (primary N) is 1. The fourth-order valence-corrected chi connectivity index (χ4v) is 3.57. The van der Waals surface area contributed by atoms with E-state index in [9.17, 15) is 0 Å². The lowest BCUT2D eigenvalue weighted by Crippen LogP contribution is -2.27. The maximum Gasteiger partial charge on any atom is 0.0469 e. The van der Waals surface area contributed by atoms with Crippen molar-refractivity contribution in [1.29, 1.82) is 0 Å². The van der Waals surface area contributed by atoms with Gasteiger partial charge in [-0.1, -0.05) is 0 Å². The zero-order valence-electron chi connectivity index (χ0n) is 8.32. The van der Waals surface area contributed by atoms with Gasteiger partial charge in [0.1, 0.15) is 0 Å². The molecule has 2 rings (SSSR count). The molecule has 1 aliphatic heterocycles. The molecule has 2 N–H and O–H groups in total. The van der Waals surface area contributed by atoms with Gasteiger partial charge in [0.05, 0.1) is 0 Å². The highest BCUT2D eigenvalue weighted by Crippen LogP contribution is 2.35. The largest absolute Gasteiger partial charge is 0.381 e. The highest BCUT2D eigenvalue weighted by molar-refractivity contribution is 9.10. The van der Waals surface area contributed by atoms with Crippen LogP contribution in [0.25, 0.3) is 0 Å². The second-order valence-electron chi connectivity index (χ2n) is 3.61. The molecule has 0 amide bonds. The van der Waals surface area contributed by atoms with Crippen LogP contribution in [-0.4, -0.2) is 13.2 Å². The summed E-state index contributed by atoms with van der Waals surface area (Å²) < 4.78 is 6.49. The summed E-state index contributed by atoms with van der Waals surface area (Å²) in [6.45, 7) is 1.72. The number of thiophene rings is 1. The molecule has 1 atom stereocenters. The molecule has 2 heterocycles. The van der Waals surface area contributed by atoms with E-state index in [-0.39, 0.29) is 18.4 Å². The Labute approximate surface area is 109 Å². The zero-order chi connectivity index (χ0) is 9.97. The average Bonchev–Trinajstić information content (AvgIpc) is 2.65. The van der Waals surface area contributed by atoms with Crippen LogP contribution in [-0.2, 0) is 4.74 Å². The van der Waals surface area contributed by atoms with E-state index in [1.54, 1.807) is 11.3 Å². The molecule has 1 fully saturated rings. The highest BCUT2D eigenvalue weighted by atomic mass is 79.9. The lowest BCUT2D eigenvalue weighted by Gasteiger charge is -2.27. The van der Waals surface area contributed by atoms with Crippen molar-refractivity contribution in [3.8, 4) is 0 Å². The van der Waals surface area contributed by atoms with Crippen LogP contribution in [0.1, 0.15) is 23.8 Å². The minimum absolute atomic E-state index is 0. The molecule has 0 aliphatic carbocycles. The molecule has 0 radical (unpaired) electrons. The lowest BCUT2D eigenvalue weighted by atomic mass is 9.91. The summed E-state index contributed by atoms with van der Waals surface area (Å²) in [4.78, 5) is 1.27. The summed E-state index contributed by atoms with van der Waals surface area (Å²) in [5, 5.41) is 2.08. The Morgan fingerprint density at radius 1 is 1.47 bits per heavy atom. The van der Waals surface area contributed by atoms with Crippen molar-refractivity contribution in [3.63, 3.8) is 0 Å². The van der Waals surface area contributed by atoms with Gasteiger partial charge in [-0.3, -0.25) is 0 Å². The predicted octanol–water partition coefficient (Wildman–Crippen LogP) is 3.36. The minimum Gasteiger partial charge on any atom is -0.381 e. The van der Waals surface area contributed by atoms with Gasteiger partial charge in [0, 0.05) is 28.6 Å². The summed E-state index contributed by atoms with van der Waals surface area (Å²) in [6.07, 6.45) is 2.18. The molecular formula is C10H15BrClNOS. The van der Waals surface area contributed by atoms with Gasteiger partial charge in [0.25, 0.3) is 0 Å². The molecule has 15 heavy (non-hydrogen) atoms. The molecular weight excluding hydrogens is 298 g/mol. The molecule has 0 aromatic carbocycles. The van der Waals surface area contributed by atoms with Crippen LogP contribution in [0.4, 0.5) is 0 Å². The van der Waals surface area contributed by atoms with Crippen molar-refractivity contribution in [2.24, 2.45) is 11.7 Å². The van der Waals surface area contributed by atoms with Crippen LogP contribution >= 0.6 is 39.7 Å². The Morgan fingerprint density at radius 3 is 2.67 bits per heavy atom. The van der Waals surface area contributed by atoms with Gasteiger partial charge in [-0.25, -0.2) is 0 Å². The molecule has 0 bridgehead atoms. The summed E-state index contributed by atoms with van der Waals surface area (Å²) in [6, 6.07) is 2.24. The van der Waals surface area contributed by atoms with E-state index in [0.29, 0.717) is 5.92 Å². The second kappa shape index (κ2) is 6.21. The van der Waals surface area contributed by atoms with Gasteiger partial charge in [0.15, 0.2) is 0 Å². The van der Waals surface area contributed by atoms with Gasteiger partial charge in [-0.15, -0.1) is 23.7 Å². The lowest BCUT2D eigenvalue weighted by molar-refractivity contribution is 0.0587. The van der Waals surface area contributed by atoms with Crippen LogP contribution in [0.2, 0.25) is 0 Å². The van der Waals surface area contributed by atoms with Crippen LogP contribution in [0.3, 0.4) is 0 Å². The van der Waals surface area contributed by atoms with Gasteiger partial charge in [-0.2, -0.15) is 0 Å². The van der Waals surface area contributed by atoms with E-state index in [2.05, 4.69) is 27.4 Å². The van der Waals surface area contributed by atoms with Gasteiger partial charge in [0.2, 0.25) is 0 Å². The van der Waals surface area contributed by atoms with Gasteiger partial charge >= 0.3 is 0 Å². The molecule has 1 aromatic rings. The Kier molecular flexibility index (Phi) is 5.57. The standard InChI is InChI=1S/C10H14BrNOS.ClH/c11-8-3-6-14-10(8)9(12)7-1-4-13-5-2-7;/h3,6-7,9H,1-2,4-5,12H2;1H/t9-;/m0./s1.